The summed E-state index contributed by atoms with van der Waals surface area (Å²) in [6.45, 7) is 3.47. The van der Waals surface area contributed by atoms with Crippen LogP contribution in [0, 0.1) is 19.7 Å². The Hall–Kier alpha value is -1.94. The Labute approximate surface area is 105 Å². The van der Waals surface area contributed by atoms with Gasteiger partial charge in [-0.3, -0.25) is 0 Å². The number of rotatable bonds is 3. The number of hydrogen-bond acceptors (Lipinski definition) is 3. The number of benzene rings is 1. The fourth-order valence-electron chi connectivity index (χ4n) is 1.61. The van der Waals surface area contributed by atoms with E-state index >= 15 is 0 Å². The lowest BCUT2D eigenvalue weighted by Gasteiger charge is -2.09. The van der Waals surface area contributed by atoms with Gasteiger partial charge in [-0.15, -0.1) is 0 Å². The topological polar surface area (TPSA) is 42.4 Å². The standard InChI is InChI=1S/C14H14FNO2/c1-9-6-12(3-4-13(9)15)18-14-10(2)5-11(8-17)7-16-14/h3-7,17H,8H2,1-2H3. The van der Waals surface area contributed by atoms with Crippen molar-refractivity contribution in [2.24, 2.45) is 0 Å². The van der Waals surface area contributed by atoms with Gasteiger partial charge in [-0.05, 0) is 49.2 Å². The van der Waals surface area contributed by atoms with Crippen LogP contribution in [0.5, 0.6) is 11.6 Å². The SMILES string of the molecule is Cc1cc(Oc2ncc(CO)cc2C)ccc1F. The number of aromatic nitrogens is 1. The van der Waals surface area contributed by atoms with Gasteiger partial charge < -0.3 is 9.84 Å². The van der Waals surface area contributed by atoms with Crippen LogP contribution >= 0.6 is 0 Å². The van der Waals surface area contributed by atoms with Gasteiger partial charge in [-0.1, -0.05) is 0 Å². The molecule has 2 aromatic rings. The van der Waals surface area contributed by atoms with Crippen LogP contribution in [-0.4, -0.2) is 10.1 Å². The summed E-state index contributed by atoms with van der Waals surface area (Å²) in [6, 6.07) is 6.35. The fraction of sp³-hybridized carbons (Fsp3) is 0.214. The maximum absolute atomic E-state index is 13.1. The fourth-order valence-corrected chi connectivity index (χ4v) is 1.61. The zero-order valence-electron chi connectivity index (χ0n) is 10.3. The van der Waals surface area contributed by atoms with Gasteiger partial charge in [0.1, 0.15) is 11.6 Å². The molecule has 4 heteroatoms. The Kier molecular flexibility index (Phi) is 3.58. The number of ether oxygens (including phenoxy) is 1. The largest absolute Gasteiger partial charge is 0.439 e. The Morgan fingerprint density at radius 3 is 2.61 bits per heavy atom. The minimum atomic E-state index is -0.261. The van der Waals surface area contributed by atoms with E-state index in [1.54, 1.807) is 31.3 Å². The van der Waals surface area contributed by atoms with Crippen molar-refractivity contribution in [3.05, 3.63) is 53.0 Å². The Morgan fingerprint density at radius 1 is 1.22 bits per heavy atom. The van der Waals surface area contributed by atoms with Gasteiger partial charge >= 0.3 is 0 Å². The highest BCUT2D eigenvalue weighted by Crippen LogP contribution is 2.24. The smallest absolute Gasteiger partial charge is 0.222 e. The highest BCUT2D eigenvalue weighted by Gasteiger charge is 2.06. The molecule has 0 aliphatic rings. The monoisotopic (exact) mass is 247 g/mol. The van der Waals surface area contributed by atoms with Crippen LogP contribution in [-0.2, 0) is 6.61 Å². The van der Waals surface area contributed by atoms with Gasteiger partial charge in [0.15, 0.2) is 0 Å². The molecule has 1 heterocycles. The normalized spacial score (nSPS) is 10.4. The highest BCUT2D eigenvalue weighted by atomic mass is 19.1. The molecule has 94 valence electrons. The van der Waals surface area contributed by atoms with Crippen molar-refractivity contribution in [3.63, 3.8) is 0 Å². The van der Waals surface area contributed by atoms with Crippen LogP contribution in [0.25, 0.3) is 0 Å². The second kappa shape index (κ2) is 5.14. The number of aliphatic hydroxyl groups excluding tert-OH is 1. The number of aryl methyl sites for hydroxylation is 2. The molecule has 1 N–H and O–H groups in total. The third kappa shape index (κ3) is 2.65. The van der Waals surface area contributed by atoms with Crippen molar-refractivity contribution in [3.8, 4) is 11.6 Å². The Balaban J connectivity index is 2.25. The number of nitrogens with zero attached hydrogens (tertiary/aromatic N) is 1. The maximum atomic E-state index is 13.1. The summed E-state index contributed by atoms with van der Waals surface area (Å²) >= 11 is 0. The summed E-state index contributed by atoms with van der Waals surface area (Å²) in [5, 5.41) is 8.99. The van der Waals surface area contributed by atoms with Gasteiger partial charge in [0.05, 0.1) is 6.61 Å². The number of halogens is 1. The molecule has 0 aliphatic heterocycles. The van der Waals surface area contributed by atoms with E-state index in [4.69, 9.17) is 9.84 Å². The van der Waals surface area contributed by atoms with Crippen LogP contribution in [0.4, 0.5) is 4.39 Å². The maximum Gasteiger partial charge on any atom is 0.222 e. The average molecular weight is 247 g/mol. The summed E-state index contributed by atoms with van der Waals surface area (Å²) in [4.78, 5) is 4.12. The second-order valence-electron chi connectivity index (χ2n) is 4.14. The number of aliphatic hydroxyl groups is 1. The van der Waals surface area contributed by atoms with Crippen molar-refractivity contribution >= 4 is 0 Å². The predicted octanol–water partition coefficient (Wildman–Crippen LogP) is 3.12. The zero-order chi connectivity index (χ0) is 13.1. The average Bonchev–Trinajstić information content (AvgIpc) is 2.36. The molecule has 0 fully saturated rings. The van der Waals surface area contributed by atoms with Crippen LogP contribution < -0.4 is 4.74 Å². The number of hydrogen-bond donors (Lipinski definition) is 1. The molecule has 0 unspecified atom stereocenters. The van der Waals surface area contributed by atoms with Crippen LogP contribution in [0.15, 0.2) is 30.5 Å². The Bertz CT molecular complexity index is 570. The van der Waals surface area contributed by atoms with Crippen molar-refractivity contribution in [2.75, 3.05) is 0 Å². The quantitative estimate of drug-likeness (QED) is 0.906. The molecule has 1 aromatic heterocycles. The third-order valence-corrected chi connectivity index (χ3v) is 2.61. The first-order valence-electron chi connectivity index (χ1n) is 5.60. The molecule has 0 bridgehead atoms. The zero-order valence-corrected chi connectivity index (χ0v) is 10.3. The molecular formula is C14H14FNO2. The van der Waals surface area contributed by atoms with Crippen LogP contribution in [0.2, 0.25) is 0 Å². The van der Waals surface area contributed by atoms with Gasteiger partial charge in [0.25, 0.3) is 0 Å². The van der Waals surface area contributed by atoms with E-state index in [-0.39, 0.29) is 12.4 Å². The summed E-state index contributed by atoms with van der Waals surface area (Å²) < 4.78 is 18.7. The summed E-state index contributed by atoms with van der Waals surface area (Å²) in [5.41, 5.74) is 2.08. The van der Waals surface area contributed by atoms with E-state index in [1.807, 2.05) is 6.92 Å². The van der Waals surface area contributed by atoms with Crippen molar-refractivity contribution in [2.45, 2.75) is 20.5 Å². The van der Waals surface area contributed by atoms with Crippen LogP contribution in [0.1, 0.15) is 16.7 Å². The molecule has 0 spiro atoms. The van der Waals surface area contributed by atoms with E-state index in [0.29, 0.717) is 17.2 Å². The van der Waals surface area contributed by atoms with Gasteiger partial charge in [0.2, 0.25) is 5.88 Å². The molecule has 1 aromatic carbocycles. The van der Waals surface area contributed by atoms with E-state index in [1.165, 1.54) is 6.07 Å². The molecule has 0 aliphatic carbocycles. The van der Waals surface area contributed by atoms with E-state index in [0.717, 1.165) is 11.1 Å². The van der Waals surface area contributed by atoms with Crippen molar-refractivity contribution in [1.29, 1.82) is 0 Å². The van der Waals surface area contributed by atoms with Crippen molar-refractivity contribution in [1.82, 2.24) is 4.98 Å². The van der Waals surface area contributed by atoms with Gasteiger partial charge in [-0.25, -0.2) is 9.37 Å². The molecule has 0 saturated carbocycles. The van der Waals surface area contributed by atoms with E-state index < -0.39 is 0 Å². The lowest BCUT2D eigenvalue weighted by atomic mass is 10.2. The molecule has 0 saturated heterocycles. The summed E-state index contributed by atoms with van der Waals surface area (Å²) in [7, 11) is 0. The molecule has 0 radical (unpaired) electrons. The molecular weight excluding hydrogens is 233 g/mol. The number of pyridine rings is 1. The highest BCUT2D eigenvalue weighted by molar-refractivity contribution is 5.35. The first kappa shape index (κ1) is 12.5. The van der Waals surface area contributed by atoms with Crippen LogP contribution in [0.3, 0.4) is 0 Å². The minimum absolute atomic E-state index is 0.0518. The minimum Gasteiger partial charge on any atom is -0.439 e. The molecule has 0 amide bonds. The van der Waals surface area contributed by atoms with Gasteiger partial charge in [-0.2, -0.15) is 0 Å². The summed E-state index contributed by atoms with van der Waals surface area (Å²) in [6.07, 6.45) is 1.55. The molecule has 18 heavy (non-hydrogen) atoms. The molecule has 0 atom stereocenters. The van der Waals surface area contributed by atoms with Crippen molar-refractivity contribution < 1.29 is 14.2 Å². The third-order valence-electron chi connectivity index (χ3n) is 2.61. The first-order chi connectivity index (χ1) is 8.60. The van der Waals surface area contributed by atoms with E-state index in [9.17, 15) is 4.39 Å². The molecule has 2 rings (SSSR count). The lowest BCUT2D eigenvalue weighted by molar-refractivity contribution is 0.281. The predicted molar refractivity (Wildman–Crippen MR) is 66.1 cm³/mol. The van der Waals surface area contributed by atoms with Gasteiger partial charge in [0, 0.05) is 11.8 Å². The summed E-state index contributed by atoms with van der Waals surface area (Å²) in [5.74, 6) is 0.738. The Morgan fingerprint density at radius 2 is 2.00 bits per heavy atom. The molecule has 3 nitrogen and oxygen atoms in total. The first-order valence-corrected chi connectivity index (χ1v) is 5.60. The second-order valence-corrected chi connectivity index (χ2v) is 4.14. The lowest BCUT2D eigenvalue weighted by Crippen LogP contribution is -1.95. The van der Waals surface area contributed by atoms with E-state index in [2.05, 4.69) is 4.98 Å².